The minimum atomic E-state index is -1.52. The van der Waals surface area contributed by atoms with Gasteiger partial charge in [0.1, 0.15) is 4.99 Å². The minimum Gasteiger partial charge on any atom is -0.389 e. The van der Waals surface area contributed by atoms with E-state index in [0.717, 1.165) is 12.1 Å². The molecule has 0 saturated heterocycles. The Balaban J connectivity index is 2.51. The molecule has 0 spiro atoms. The number of nitrogens with zero attached hydrogens (tertiary/aromatic N) is 1. The number of halogens is 3. The molecule has 3 nitrogen and oxygen atoms in total. The van der Waals surface area contributed by atoms with Gasteiger partial charge in [0.25, 0.3) is 0 Å². The van der Waals surface area contributed by atoms with Crippen LogP contribution >= 0.6 is 12.2 Å². The highest BCUT2D eigenvalue weighted by Gasteiger charge is 2.14. The van der Waals surface area contributed by atoms with Gasteiger partial charge in [0.2, 0.25) is 0 Å². The number of rotatable bonds is 3. The number of nitrogens with one attached hydrogen (secondary N) is 1. The third kappa shape index (κ3) is 3.13. The molecule has 0 fully saturated rings. The topological polar surface area (TPSA) is 50.9 Å². The van der Waals surface area contributed by atoms with E-state index in [4.69, 9.17) is 18.0 Å². The predicted octanol–water partition coefficient (Wildman–Crippen LogP) is 3.49. The van der Waals surface area contributed by atoms with Gasteiger partial charge in [-0.05, 0) is 19.9 Å². The first-order chi connectivity index (χ1) is 9.79. The largest absolute Gasteiger partial charge is 0.389 e. The van der Waals surface area contributed by atoms with E-state index in [2.05, 4.69) is 10.3 Å². The van der Waals surface area contributed by atoms with Crippen molar-refractivity contribution in [3.63, 3.8) is 0 Å². The lowest BCUT2D eigenvalue weighted by Crippen LogP contribution is -2.15. The Kier molecular flexibility index (Phi) is 4.13. The van der Waals surface area contributed by atoms with E-state index in [-0.39, 0.29) is 10.7 Å². The molecule has 1 aromatic heterocycles. The Hall–Kier alpha value is -2.15. The van der Waals surface area contributed by atoms with Crippen LogP contribution in [-0.4, -0.2) is 9.97 Å². The molecule has 0 unspecified atom stereocenters. The van der Waals surface area contributed by atoms with E-state index in [0.29, 0.717) is 22.6 Å². The molecule has 0 aliphatic rings. The fourth-order valence-electron chi connectivity index (χ4n) is 2.02. The summed E-state index contributed by atoms with van der Waals surface area (Å²) >= 11 is 4.96. The van der Waals surface area contributed by atoms with Gasteiger partial charge in [-0.2, -0.15) is 0 Å². The number of benzene rings is 1. The van der Waals surface area contributed by atoms with E-state index in [1.54, 1.807) is 19.9 Å². The highest BCUT2D eigenvalue weighted by molar-refractivity contribution is 7.80. The average molecular weight is 311 g/mol. The van der Waals surface area contributed by atoms with Gasteiger partial charge in [0, 0.05) is 29.2 Å². The van der Waals surface area contributed by atoms with Gasteiger partial charge in [-0.1, -0.05) is 12.2 Å². The lowest BCUT2D eigenvalue weighted by Gasteiger charge is -2.14. The van der Waals surface area contributed by atoms with Crippen molar-refractivity contribution in [2.45, 2.75) is 13.8 Å². The normalized spacial score (nSPS) is 10.5. The van der Waals surface area contributed by atoms with E-state index in [1.807, 2.05) is 0 Å². The van der Waals surface area contributed by atoms with Crippen LogP contribution in [0.4, 0.5) is 24.5 Å². The maximum atomic E-state index is 13.2. The van der Waals surface area contributed by atoms with E-state index in [9.17, 15) is 13.2 Å². The average Bonchev–Trinajstić information content (AvgIpc) is 2.34. The van der Waals surface area contributed by atoms with Gasteiger partial charge < -0.3 is 11.1 Å². The summed E-state index contributed by atoms with van der Waals surface area (Å²) in [5.74, 6) is -4.08. The van der Waals surface area contributed by atoms with Crippen LogP contribution in [0.2, 0.25) is 0 Å². The first kappa shape index (κ1) is 15.2. The molecule has 2 rings (SSSR count). The van der Waals surface area contributed by atoms with Crippen LogP contribution in [0.15, 0.2) is 18.2 Å². The van der Waals surface area contributed by atoms with Crippen LogP contribution in [0.1, 0.15) is 17.0 Å². The highest BCUT2D eigenvalue weighted by atomic mass is 32.1. The van der Waals surface area contributed by atoms with Crippen LogP contribution < -0.4 is 11.1 Å². The van der Waals surface area contributed by atoms with Gasteiger partial charge >= 0.3 is 0 Å². The van der Waals surface area contributed by atoms with Crippen LogP contribution in [0, 0.1) is 31.3 Å². The molecule has 21 heavy (non-hydrogen) atoms. The summed E-state index contributed by atoms with van der Waals surface area (Å²) in [5.41, 5.74) is 7.90. The fraction of sp³-hybridized carbons (Fsp3) is 0.143. The second-order valence-electron chi connectivity index (χ2n) is 4.51. The number of anilines is 2. The molecular formula is C14H12F3N3S. The third-order valence-corrected chi connectivity index (χ3v) is 3.04. The Morgan fingerprint density at radius 2 is 1.71 bits per heavy atom. The lowest BCUT2D eigenvalue weighted by atomic mass is 10.1. The first-order valence-corrected chi connectivity index (χ1v) is 6.40. The number of thiocarbonyl (C=S) groups is 1. The number of hydrogen-bond acceptors (Lipinski definition) is 3. The molecule has 3 N–H and O–H groups in total. The Morgan fingerprint density at radius 1 is 1.14 bits per heavy atom. The third-order valence-electron chi connectivity index (χ3n) is 2.84. The van der Waals surface area contributed by atoms with Crippen molar-refractivity contribution in [1.29, 1.82) is 0 Å². The molecule has 0 amide bonds. The van der Waals surface area contributed by atoms with Gasteiger partial charge in [-0.15, -0.1) is 0 Å². The van der Waals surface area contributed by atoms with Crippen molar-refractivity contribution in [2.24, 2.45) is 5.73 Å². The van der Waals surface area contributed by atoms with Crippen LogP contribution in [0.25, 0.3) is 0 Å². The number of nitrogens with two attached hydrogens (primary N) is 1. The zero-order valence-electron chi connectivity index (χ0n) is 11.3. The van der Waals surface area contributed by atoms with Crippen molar-refractivity contribution >= 4 is 28.6 Å². The maximum Gasteiger partial charge on any atom is 0.194 e. The number of aromatic nitrogens is 1. The summed E-state index contributed by atoms with van der Waals surface area (Å²) in [4.78, 5) is 4.33. The second kappa shape index (κ2) is 5.69. The summed E-state index contributed by atoms with van der Waals surface area (Å²) in [6.45, 7) is 3.48. The molecule has 1 heterocycles. The monoisotopic (exact) mass is 311 g/mol. The molecule has 0 radical (unpaired) electrons. The standard InChI is InChI=1S/C14H12F3N3S/c1-6-3-11(12(14(18)21)7(2)19-6)20-8-4-9(15)13(17)10(16)5-8/h3-5H,1-2H3,(H2,18,21)(H,19,20). The molecule has 1 aromatic carbocycles. The van der Waals surface area contributed by atoms with Crippen molar-refractivity contribution in [1.82, 2.24) is 4.98 Å². The van der Waals surface area contributed by atoms with Crippen molar-refractivity contribution in [3.05, 3.63) is 52.6 Å². The van der Waals surface area contributed by atoms with E-state index >= 15 is 0 Å². The van der Waals surface area contributed by atoms with E-state index in [1.165, 1.54) is 0 Å². The number of hydrogen-bond donors (Lipinski definition) is 2. The fourth-order valence-corrected chi connectivity index (χ4v) is 2.28. The summed E-state index contributed by atoms with van der Waals surface area (Å²) in [6, 6.07) is 3.35. The predicted molar refractivity (Wildman–Crippen MR) is 79.2 cm³/mol. The molecule has 0 aliphatic heterocycles. The van der Waals surface area contributed by atoms with Gasteiger partial charge in [0.05, 0.1) is 11.3 Å². The molecule has 0 saturated carbocycles. The van der Waals surface area contributed by atoms with Crippen LogP contribution in [-0.2, 0) is 0 Å². The smallest absolute Gasteiger partial charge is 0.194 e. The van der Waals surface area contributed by atoms with Crippen molar-refractivity contribution < 1.29 is 13.2 Å². The quantitative estimate of drug-likeness (QED) is 0.673. The molecule has 7 heteroatoms. The first-order valence-electron chi connectivity index (χ1n) is 5.99. The Labute approximate surface area is 125 Å². The molecule has 2 aromatic rings. The van der Waals surface area contributed by atoms with E-state index < -0.39 is 17.5 Å². The minimum absolute atomic E-state index is 0.0499. The lowest BCUT2D eigenvalue weighted by molar-refractivity contribution is 0.448. The summed E-state index contributed by atoms with van der Waals surface area (Å²) < 4.78 is 39.4. The summed E-state index contributed by atoms with van der Waals surface area (Å²) in [5, 5.41) is 2.79. The SMILES string of the molecule is Cc1cc(Nc2cc(F)c(F)c(F)c2)c(C(N)=S)c(C)n1. The Morgan fingerprint density at radius 3 is 2.24 bits per heavy atom. The van der Waals surface area contributed by atoms with Crippen LogP contribution in [0.5, 0.6) is 0 Å². The summed E-state index contributed by atoms with van der Waals surface area (Å²) in [7, 11) is 0. The molecule has 0 bridgehead atoms. The van der Waals surface area contributed by atoms with Crippen molar-refractivity contribution in [3.8, 4) is 0 Å². The van der Waals surface area contributed by atoms with Gasteiger partial charge in [-0.25, -0.2) is 13.2 Å². The van der Waals surface area contributed by atoms with Gasteiger partial charge in [0.15, 0.2) is 17.5 Å². The zero-order valence-corrected chi connectivity index (χ0v) is 12.1. The Bertz CT molecular complexity index is 709. The van der Waals surface area contributed by atoms with Crippen molar-refractivity contribution in [2.75, 3.05) is 5.32 Å². The van der Waals surface area contributed by atoms with Crippen LogP contribution in [0.3, 0.4) is 0 Å². The van der Waals surface area contributed by atoms with Gasteiger partial charge in [-0.3, -0.25) is 4.98 Å². The second-order valence-corrected chi connectivity index (χ2v) is 4.95. The highest BCUT2D eigenvalue weighted by Crippen LogP contribution is 2.26. The molecule has 0 aliphatic carbocycles. The number of pyridine rings is 1. The maximum absolute atomic E-state index is 13.2. The zero-order chi connectivity index (χ0) is 15.7. The molecular weight excluding hydrogens is 299 g/mol. The molecule has 110 valence electrons. The molecule has 0 atom stereocenters. The number of aryl methyl sites for hydroxylation is 2. The summed E-state index contributed by atoms with van der Waals surface area (Å²) in [6.07, 6.45) is 0.